The molecule has 30 heavy (non-hydrogen) atoms. The molecule has 166 valence electrons. The zero-order valence-electron chi connectivity index (χ0n) is 18.9. The fourth-order valence-corrected chi connectivity index (χ4v) is 4.95. The minimum atomic E-state index is 0.133. The minimum absolute atomic E-state index is 0.133. The van der Waals surface area contributed by atoms with Gasteiger partial charge in [0.25, 0.3) is 0 Å². The van der Waals surface area contributed by atoms with Crippen molar-refractivity contribution in [2.75, 3.05) is 51.3 Å². The number of aromatic nitrogens is 2. The van der Waals surface area contributed by atoms with Gasteiger partial charge in [-0.2, -0.15) is 0 Å². The maximum atomic E-state index is 12.1. The zero-order chi connectivity index (χ0) is 21.1. The van der Waals surface area contributed by atoms with Crippen LogP contribution in [0.4, 0.5) is 5.82 Å². The van der Waals surface area contributed by atoms with E-state index in [2.05, 4.69) is 23.8 Å². The van der Waals surface area contributed by atoms with E-state index in [0.29, 0.717) is 12.5 Å². The molecule has 0 aromatic carbocycles. The number of nitrogens with zero attached hydrogens (tertiary/aromatic N) is 5. The summed E-state index contributed by atoms with van der Waals surface area (Å²) in [6, 6.07) is 0. The molecule has 0 aliphatic carbocycles. The lowest BCUT2D eigenvalue weighted by atomic mass is 9.95. The van der Waals surface area contributed by atoms with Gasteiger partial charge in [-0.15, -0.1) is 0 Å². The first-order chi connectivity index (χ1) is 14.5. The van der Waals surface area contributed by atoms with Crippen molar-refractivity contribution in [2.45, 2.75) is 70.9 Å². The number of fused-ring (bicyclic) bond motifs is 1. The Bertz CT molecular complexity index is 747. The van der Waals surface area contributed by atoms with Crippen molar-refractivity contribution in [3.8, 4) is 0 Å². The molecule has 4 rings (SSSR count). The van der Waals surface area contributed by atoms with E-state index in [9.17, 15) is 4.79 Å². The van der Waals surface area contributed by atoms with Crippen LogP contribution in [0.2, 0.25) is 0 Å². The van der Waals surface area contributed by atoms with Gasteiger partial charge in [-0.1, -0.05) is 6.92 Å². The lowest BCUT2D eigenvalue weighted by Gasteiger charge is -2.38. The normalized spacial score (nSPS) is 23.5. The third-order valence-electron chi connectivity index (χ3n) is 6.82. The molecule has 2 fully saturated rings. The fraction of sp³-hybridized carbons (Fsp3) is 0.783. The highest BCUT2D eigenvalue weighted by Crippen LogP contribution is 2.33. The molecular weight excluding hydrogens is 378 g/mol. The summed E-state index contributed by atoms with van der Waals surface area (Å²) in [5.41, 5.74) is 2.31. The van der Waals surface area contributed by atoms with Crippen LogP contribution in [0.25, 0.3) is 0 Å². The van der Waals surface area contributed by atoms with Gasteiger partial charge in [0.2, 0.25) is 5.91 Å². The predicted octanol–water partition coefficient (Wildman–Crippen LogP) is 2.59. The Hall–Kier alpha value is -1.73. The molecule has 1 atom stereocenters. The van der Waals surface area contributed by atoms with E-state index in [1.54, 1.807) is 6.92 Å². The van der Waals surface area contributed by atoms with Crippen molar-refractivity contribution in [3.05, 3.63) is 17.1 Å². The zero-order valence-corrected chi connectivity index (χ0v) is 18.9. The summed E-state index contributed by atoms with van der Waals surface area (Å²) in [6.07, 6.45) is 6.62. The fourth-order valence-electron chi connectivity index (χ4n) is 4.95. The van der Waals surface area contributed by atoms with E-state index < -0.39 is 0 Å². The number of carbonyl (C=O) groups is 1. The highest BCUT2D eigenvalue weighted by atomic mass is 16.5. The largest absolute Gasteiger partial charge is 0.376 e. The Kier molecular flexibility index (Phi) is 6.88. The molecule has 3 aliphatic heterocycles. The van der Waals surface area contributed by atoms with Crippen LogP contribution in [0.5, 0.6) is 0 Å². The van der Waals surface area contributed by atoms with Crippen LogP contribution in [0.15, 0.2) is 0 Å². The van der Waals surface area contributed by atoms with E-state index in [0.717, 1.165) is 101 Å². The van der Waals surface area contributed by atoms with Crippen LogP contribution >= 0.6 is 0 Å². The number of anilines is 1. The topological polar surface area (TPSA) is 61.8 Å². The number of ether oxygens (including phenoxy) is 1. The maximum absolute atomic E-state index is 12.1. The standard InChI is InChI=1S/C23H37N5O2/c1-4-14-30-19-6-5-10-28(15-19)23-20-16-27(17(2)29)13-9-21(20)24-22(25-23)18-7-11-26(3)12-8-18/h18-19H,4-16H2,1-3H3/t19-/m0/s1. The van der Waals surface area contributed by atoms with Crippen LogP contribution in [-0.2, 0) is 22.5 Å². The molecule has 0 spiro atoms. The van der Waals surface area contributed by atoms with Crippen molar-refractivity contribution in [1.29, 1.82) is 0 Å². The lowest BCUT2D eigenvalue weighted by molar-refractivity contribution is -0.129. The van der Waals surface area contributed by atoms with E-state index in [4.69, 9.17) is 14.7 Å². The first kappa shape index (κ1) is 21.5. The Labute approximate surface area is 180 Å². The van der Waals surface area contributed by atoms with Crippen molar-refractivity contribution in [1.82, 2.24) is 19.8 Å². The van der Waals surface area contributed by atoms with Crippen LogP contribution < -0.4 is 4.90 Å². The van der Waals surface area contributed by atoms with Crippen molar-refractivity contribution in [2.24, 2.45) is 0 Å². The highest BCUT2D eigenvalue weighted by molar-refractivity contribution is 5.74. The SMILES string of the molecule is CCCO[C@H]1CCCN(c2nc(C3CCN(C)CC3)nc3c2CN(C(C)=O)CC3)C1. The molecule has 7 nitrogen and oxygen atoms in total. The Morgan fingerprint density at radius 2 is 1.93 bits per heavy atom. The Balaban J connectivity index is 1.64. The van der Waals surface area contributed by atoms with Gasteiger partial charge < -0.3 is 19.4 Å². The monoisotopic (exact) mass is 415 g/mol. The second-order valence-electron chi connectivity index (χ2n) is 9.18. The molecule has 3 aliphatic rings. The third kappa shape index (κ3) is 4.78. The highest BCUT2D eigenvalue weighted by Gasteiger charge is 2.31. The molecule has 0 N–H and O–H groups in total. The number of rotatable bonds is 5. The van der Waals surface area contributed by atoms with Crippen LogP contribution in [0, 0.1) is 0 Å². The quantitative estimate of drug-likeness (QED) is 0.737. The van der Waals surface area contributed by atoms with E-state index in [1.165, 1.54) is 0 Å². The maximum Gasteiger partial charge on any atom is 0.219 e. The molecule has 0 bridgehead atoms. The average molecular weight is 416 g/mol. The van der Waals surface area contributed by atoms with Crippen LogP contribution in [0.1, 0.15) is 69.0 Å². The van der Waals surface area contributed by atoms with Gasteiger partial charge in [0, 0.05) is 51.1 Å². The number of hydrogen-bond donors (Lipinski definition) is 0. The first-order valence-electron chi connectivity index (χ1n) is 11.8. The van der Waals surface area contributed by atoms with Gasteiger partial charge in [-0.3, -0.25) is 4.79 Å². The Morgan fingerprint density at radius 3 is 2.67 bits per heavy atom. The van der Waals surface area contributed by atoms with Gasteiger partial charge in [-0.05, 0) is 52.2 Å². The summed E-state index contributed by atoms with van der Waals surface area (Å²) in [7, 11) is 2.19. The summed E-state index contributed by atoms with van der Waals surface area (Å²) in [5, 5.41) is 0. The smallest absolute Gasteiger partial charge is 0.219 e. The predicted molar refractivity (Wildman–Crippen MR) is 118 cm³/mol. The van der Waals surface area contributed by atoms with Gasteiger partial charge >= 0.3 is 0 Å². The van der Waals surface area contributed by atoms with Crippen LogP contribution in [-0.4, -0.2) is 78.2 Å². The Morgan fingerprint density at radius 1 is 1.13 bits per heavy atom. The van der Waals surface area contributed by atoms with Crippen molar-refractivity contribution < 1.29 is 9.53 Å². The van der Waals surface area contributed by atoms with Gasteiger partial charge in [-0.25, -0.2) is 9.97 Å². The molecule has 0 saturated carbocycles. The van der Waals surface area contributed by atoms with E-state index in [-0.39, 0.29) is 12.0 Å². The van der Waals surface area contributed by atoms with Gasteiger partial charge in [0.15, 0.2) is 0 Å². The molecule has 2 saturated heterocycles. The number of amides is 1. The number of likely N-dealkylation sites (tertiary alicyclic amines) is 1. The van der Waals surface area contributed by atoms with E-state index in [1.807, 2.05) is 4.90 Å². The second kappa shape index (κ2) is 9.60. The molecule has 1 aromatic rings. The summed E-state index contributed by atoms with van der Waals surface area (Å²) in [6.45, 7) is 10.1. The third-order valence-corrected chi connectivity index (χ3v) is 6.82. The van der Waals surface area contributed by atoms with E-state index >= 15 is 0 Å². The van der Waals surface area contributed by atoms with Crippen molar-refractivity contribution >= 4 is 11.7 Å². The summed E-state index contributed by atoms with van der Waals surface area (Å²) < 4.78 is 6.09. The number of carbonyl (C=O) groups excluding carboxylic acids is 1. The molecule has 1 amide bonds. The average Bonchev–Trinajstić information content (AvgIpc) is 2.77. The second-order valence-corrected chi connectivity index (χ2v) is 9.18. The lowest BCUT2D eigenvalue weighted by Crippen LogP contribution is -2.43. The summed E-state index contributed by atoms with van der Waals surface area (Å²) in [5.74, 6) is 2.65. The summed E-state index contributed by atoms with van der Waals surface area (Å²) in [4.78, 5) is 29.0. The molecule has 7 heteroatoms. The number of piperidine rings is 2. The molecule has 0 unspecified atom stereocenters. The van der Waals surface area contributed by atoms with Crippen molar-refractivity contribution in [3.63, 3.8) is 0 Å². The van der Waals surface area contributed by atoms with Crippen LogP contribution in [0.3, 0.4) is 0 Å². The van der Waals surface area contributed by atoms with Gasteiger partial charge in [0.05, 0.1) is 18.3 Å². The molecular formula is C23H37N5O2. The first-order valence-corrected chi connectivity index (χ1v) is 11.8. The molecule has 0 radical (unpaired) electrons. The summed E-state index contributed by atoms with van der Waals surface area (Å²) >= 11 is 0. The minimum Gasteiger partial charge on any atom is -0.376 e. The molecule has 1 aromatic heterocycles. The molecule has 4 heterocycles. The van der Waals surface area contributed by atoms with Gasteiger partial charge in [0.1, 0.15) is 11.6 Å². The number of hydrogen-bond acceptors (Lipinski definition) is 6.